The summed E-state index contributed by atoms with van der Waals surface area (Å²) in [6, 6.07) is 5.93. The maximum atomic E-state index is 13.1. The largest absolute Gasteiger partial charge is 0.481 e. The molecule has 0 bridgehead atoms. The van der Waals surface area contributed by atoms with Gasteiger partial charge in [-0.1, -0.05) is 0 Å². The van der Waals surface area contributed by atoms with E-state index in [4.69, 9.17) is 14.5 Å². The Morgan fingerprint density at radius 1 is 1.03 bits per heavy atom. The van der Waals surface area contributed by atoms with Gasteiger partial charge in [-0.05, 0) is 37.6 Å². The van der Waals surface area contributed by atoms with Gasteiger partial charge in [0.05, 0.1) is 31.6 Å². The van der Waals surface area contributed by atoms with Crippen LogP contribution in [0, 0.1) is 13.8 Å². The van der Waals surface area contributed by atoms with Crippen LogP contribution in [0.5, 0.6) is 5.88 Å². The van der Waals surface area contributed by atoms with Crippen molar-refractivity contribution in [2.24, 2.45) is 0 Å². The molecule has 186 valence electrons. The third-order valence-corrected chi connectivity index (χ3v) is 5.95. The monoisotopic (exact) mass is 497 g/mol. The van der Waals surface area contributed by atoms with E-state index >= 15 is 0 Å². The smallest absolute Gasteiger partial charge is 0.433 e. The number of fused-ring (bicyclic) bond motifs is 1. The maximum absolute atomic E-state index is 13.1. The van der Waals surface area contributed by atoms with Crippen molar-refractivity contribution in [2.45, 2.75) is 26.1 Å². The number of rotatable bonds is 4. The second-order valence-corrected chi connectivity index (χ2v) is 8.31. The molecule has 0 N–H and O–H groups in total. The third-order valence-electron chi connectivity index (χ3n) is 5.95. The fourth-order valence-corrected chi connectivity index (χ4v) is 3.91. The molecule has 0 aromatic carbocycles. The molecule has 36 heavy (non-hydrogen) atoms. The van der Waals surface area contributed by atoms with Crippen LogP contribution in [0.15, 0.2) is 36.7 Å². The number of halogens is 3. The van der Waals surface area contributed by atoms with E-state index < -0.39 is 11.9 Å². The molecule has 5 heterocycles. The molecule has 0 radical (unpaired) electrons. The van der Waals surface area contributed by atoms with E-state index in [0.29, 0.717) is 65.3 Å². The zero-order chi connectivity index (χ0) is 25.4. The standard InChI is InChI=1S/C24H22F3N7O2/c1-13-14(2)31-22-21(30-13)20(16-4-5-18(29-11-16)24(25,26)27)32-23(33-22)34-8-9-36-17(12-34)15-6-7-28-19(10-15)35-3/h4-7,10-11,17H,8-9,12H2,1-3H3. The maximum Gasteiger partial charge on any atom is 0.433 e. The Bertz CT molecular complexity index is 1410. The Hall–Kier alpha value is -3.93. The van der Waals surface area contributed by atoms with Gasteiger partial charge in [-0.3, -0.25) is 4.98 Å². The highest BCUT2D eigenvalue weighted by Gasteiger charge is 2.32. The number of alkyl halides is 3. The van der Waals surface area contributed by atoms with Gasteiger partial charge in [-0.15, -0.1) is 0 Å². The lowest BCUT2D eigenvalue weighted by atomic mass is 10.1. The fraction of sp³-hybridized carbons (Fsp3) is 0.333. The number of aryl methyl sites for hydroxylation is 2. The Morgan fingerprint density at radius 3 is 2.56 bits per heavy atom. The minimum Gasteiger partial charge on any atom is -0.481 e. The van der Waals surface area contributed by atoms with Gasteiger partial charge in [0, 0.05) is 30.6 Å². The van der Waals surface area contributed by atoms with Crippen LogP contribution in [0.4, 0.5) is 19.1 Å². The first-order chi connectivity index (χ1) is 17.2. The molecule has 1 atom stereocenters. The van der Waals surface area contributed by atoms with Crippen LogP contribution in [-0.2, 0) is 10.9 Å². The number of pyridine rings is 2. The Morgan fingerprint density at radius 2 is 1.83 bits per heavy atom. The first-order valence-electron chi connectivity index (χ1n) is 11.2. The molecule has 1 saturated heterocycles. The summed E-state index contributed by atoms with van der Waals surface area (Å²) in [5.41, 5.74) is 2.79. The lowest BCUT2D eigenvalue weighted by molar-refractivity contribution is -0.141. The van der Waals surface area contributed by atoms with E-state index in [1.54, 1.807) is 20.2 Å². The van der Waals surface area contributed by atoms with Crippen molar-refractivity contribution in [1.29, 1.82) is 0 Å². The number of methoxy groups -OCH3 is 1. The van der Waals surface area contributed by atoms with Gasteiger partial charge in [-0.2, -0.15) is 18.2 Å². The zero-order valence-electron chi connectivity index (χ0n) is 19.7. The summed E-state index contributed by atoms with van der Waals surface area (Å²) < 4.78 is 50.4. The highest BCUT2D eigenvalue weighted by Crippen LogP contribution is 2.32. The molecular formula is C24H22F3N7O2. The summed E-state index contributed by atoms with van der Waals surface area (Å²) >= 11 is 0. The minimum absolute atomic E-state index is 0.281. The highest BCUT2D eigenvalue weighted by atomic mass is 19.4. The van der Waals surface area contributed by atoms with Gasteiger partial charge in [0.25, 0.3) is 0 Å². The van der Waals surface area contributed by atoms with Crippen molar-refractivity contribution >= 4 is 17.1 Å². The number of morpholine rings is 1. The van der Waals surface area contributed by atoms with Crippen LogP contribution in [0.25, 0.3) is 22.4 Å². The van der Waals surface area contributed by atoms with Crippen LogP contribution < -0.4 is 9.64 Å². The highest BCUT2D eigenvalue weighted by molar-refractivity contribution is 5.87. The van der Waals surface area contributed by atoms with Gasteiger partial charge in [0.15, 0.2) is 5.65 Å². The SMILES string of the molecule is COc1cc(C2CN(c3nc(-c4ccc(C(F)(F)F)nc4)c4nc(C)c(C)nc4n3)CCO2)ccn1. The molecule has 1 unspecified atom stereocenters. The van der Waals surface area contributed by atoms with E-state index in [0.717, 1.165) is 17.8 Å². The number of hydrogen-bond acceptors (Lipinski definition) is 9. The fourth-order valence-electron chi connectivity index (χ4n) is 3.91. The quantitative estimate of drug-likeness (QED) is 0.413. The molecule has 9 nitrogen and oxygen atoms in total. The van der Waals surface area contributed by atoms with Crippen molar-refractivity contribution < 1.29 is 22.6 Å². The molecule has 1 fully saturated rings. The molecular weight excluding hydrogens is 475 g/mol. The van der Waals surface area contributed by atoms with Gasteiger partial charge in [0.2, 0.25) is 11.8 Å². The lowest BCUT2D eigenvalue weighted by Gasteiger charge is -2.33. The lowest BCUT2D eigenvalue weighted by Crippen LogP contribution is -2.39. The van der Waals surface area contributed by atoms with E-state index in [1.165, 1.54) is 6.07 Å². The molecule has 0 spiro atoms. The van der Waals surface area contributed by atoms with Gasteiger partial charge < -0.3 is 14.4 Å². The van der Waals surface area contributed by atoms with Crippen LogP contribution in [-0.4, -0.2) is 56.7 Å². The molecule has 5 rings (SSSR count). The zero-order valence-corrected chi connectivity index (χ0v) is 19.7. The second-order valence-electron chi connectivity index (χ2n) is 8.31. The summed E-state index contributed by atoms with van der Waals surface area (Å²) in [4.78, 5) is 28.2. The number of hydrogen-bond donors (Lipinski definition) is 0. The van der Waals surface area contributed by atoms with Crippen molar-refractivity contribution in [3.8, 4) is 17.1 Å². The topological polar surface area (TPSA) is 99.0 Å². The van der Waals surface area contributed by atoms with Crippen molar-refractivity contribution in [2.75, 3.05) is 31.7 Å². The molecule has 1 aliphatic rings. The number of nitrogens with zero attached hydrogens (tertiary/aromatic N) is 7. The van der Waals surface area contributed by atoms with Gasteiger partial charge in [-0.25, -0.2) is 19.9 Å². The molecule has 4 aromatic rings. The predicted octanol–water partition coefficient (Wildman–Crippen LogP) is 4.10. The van der Waals surface area contributed by atoms with E-state index in [9.17, 15) is 13.2 Å². The number of anilines is 1. The van der Waals surface area contributed by atoms with Crippen LogP contribution in [0.3, 0.4) is 0 Å². The Kier molecular flexibility index (Phi) is 6.12. The van der Waals surface area contributed by atoms with Crippen molar-refractivity contribution in [3.63, 3.8) is 0 Å². The molecule has 0 aliphatic carbocycles. The summed E-state index contributed by atoms with van der Waals surface area (Å²) in [6.45, 7) is 5.02. The predicted molar refractivity (Wildman–Crippen MR) is 125 cm³/mol. The van der Waals surface area contributed by atoms with E-state index in [2.05, 4.69) is 24.9 Å². The second kappa shape index (κ2) is 9.26. The molecule has 1 aliphatic heterocycles. The average Bonchev–Trinajstić information content (AvgIpc) is 2.88. The summed E-state index contributed by atoms with van der Waals surface area (Å²) in [6.07, 6.45) is -2.02. The normalized spacial score (nSPS) is 16.4. The summed E-state index contributed by atoms with van der Waals surface area (Å²) in [5.74, 6) is 0.859. The molecule has 4 aromatic heterocycles. The first kappa shape index (κ1) is 23.8. The van der Waals surface area contributed by atoms with Crippen LogP contribution >= 0.6 is 0 Å². The average molecular weight is 497 g/mol. The third kappa shape index (κ3) is 4.63. The summed E-state index contributed by atoms with van der Waals surface area (Å²) in [5, 5.41) is 0. The van der Waals surface area contributed by atoms with Gasteiger partial charge in [0.1, 0.15) is 23.0 Å². The summed E-state index contributed by atoms with van der Waals surface area (Å²) in [7, 11) is 1.55. The molecule has 0 saturated carbocycles. The van der Waals surface area contributed by atoms with E-state index in [1.807, 2.05) is 24.0 Å². The van der Waals surface area contributed by atoms with Crippen molar-refractivity contribution in [3.05, 3.63) is 59.3 Å². The van der Waals surface area contributed by atoms with E-state index in [-0.39, 0.29) is 6.10 Å². The molecule has 12 heteroatoms. The van der Waals surface area contributed by atoms with Crippen LogP contribution in [0.1, 0.15) is 28.7 Å². The first-order valence-corrected chi connectivity index (χ1v) is 11.2. The van der Waals surface area contributed by atoms with Gasteiger partial charge >= 0.3 is 6.18 Å². The van der Waals surface area contributed by atoms with Crippen LogP contribution in [0.2, 0.25) is 0 Å². The number of aromatic nitrogens is 6. The number of ether oxygens (including phenoxy) is 2. The van der Waals surface area contributed by atoms with Crippen molar-refractivity contribution in [1.82, 2.24) is 29.9 Å². The Labute approximate surface area is 204 Å². The molecule has 0 amide bonds. The minimum atomic E-state index is -4.54. The Balaban J connectivity index is 1.56.